The zero-order chi connectivity index (χ0) is 12.4. The number of aromatic hydroxyl groups is 1. The Hall–Kier alpha value is -1.81. The van der Waals surface area contributed by atoms with Gasteiger partial charge in [0.2, 0.25) is 0 Å². The summed E-state index contributed by atoms with van der Waals surface area (Å²) in [5, 5.41) is 13.3. The lowest BCUT2D eigenvalue weighted by Crippen LogP contribution is -2.23. The van der Waals surface area contributed by atoms with Gasteiger partial charge >= 0.3 is 0 Å². The maximum Gasteiger partial charge on any atom is 0.119 e. The third-order valence-corrected chi connectivity index (χ3v) is 3.57. The van der Waals surface area contributed by atoms with Crippen molar-refractivity contribution in [3.8, 4) is 5.75 Å². The summed E-state index contributed by atoms with van der Waals surface area (Å²) in [6.45, 7) is 1.83. The summed E-state index contributed by atoms with van der Waals surface area (Å²) in [5.74, 6) is 0.436. The van der Waals surface area contributed by atoms with Crippen LogP contribution >= 0.6 is 0 Å². The van der Waals surface area contributed by atoms with Crippen LogP contribution in [0.15, 0.2) is 36.9 Å². The molecule has 1 heterocycles. The molecule has 0 radical (unpaired) electrons. The van der Waals surface area contributed by atoms with Gasteiger partial charge in [-0.3, -0.25) is 0 Å². The van der Waals surface area contributed by atoms with Crippen molar-refractivity contribution in [2.75, 3.05) is 6.54 Å². The number of phenolic OH excluding ortho intramolecular Hbond substituents is 1. The molecular formula is C14H17N3O. The number of nitrogens with one attached hydrogen (secondary N) is 1. The van der Waals surface area contributed by atoms with Crippen LogP contribution in [0.5, 0.6) is 5.75 Å². The van der Waals surface area contributed by atoms with E-state index in [9.17, 15) is 5.11 Å². The van der Waals surface area contributed by atoms with Crippen molar-refractivity contribution in [1.82, 2.24) is 14.9 Å². The van der Waals surface area contributed by atoms with Crippen LogP contribution in [0.2, 0.25) is 0 Å². The SMILES string of the molecule is Oc1cccc2c1CCC2NCCn1ccnc1. The number of fused-ring (bicyclic) bond motifs is 1. The number of rotatable bonds is 4. The number of phenols is 1. The van der Waals surface area contributed by atoms with Crippen LogP contribution in [0.4, 0.5) is 0 Å². The molecule has 2 N–H and O–H groups in total. The van der Waals surface area contributed by atoms with E-state index < -0.39 is 0 Å². The summed E-state index contributed by atoms with van der Waals surface area (Å²) in [7, 11) is 0. The number of nitrogens with zero attached hydrogens (tertiary/aromatic N) is 2. The Kier molecular flexibility index (Phi) is 3.02. The Bertz CT molecular complexity index is 522. The van der Waals surface area contributed by atoms with Crippen LogP contribution in [0.3, 0.4) is 0 Å². The number of benzene rings is 1. The van der Waals surface area contributed by atoms with E-state index in [1.54, 1.807) is 12.3 Å². The average Bonchev–Trinajstić information content (AvgIpc) is 3.00. The fraction of sp³-hybridized carbons (Fsp3) is 0.357. The lowest BCUT2D eigenvalue weighted by atomic mass is 10.1. The van der Waals surface area contributed by atoms with Crippen LogP contribution < -0.4 is 5.32 Å². The van der Waals surface area contributed by atoms with E-state index in [2.05, 4.69) is 20.9 Å². The second kappa shape index (κ2) is 4.82. The number of imidazole rings is 1. The second-order valence-electron chi connectivity index (χ2n) is 4.69. The molecule has 3 rings (SSSR count). The van der Waals surface area contributed by atoms with Crippen molar-refractivity contribution in [3.63, 3.8) is 0 Å². The van der Waals surface area contributed by atoms with Gasteiger partial charge in [-0.1, -0.05) is 12.1 Å². The average molecular weight is 243 g/mol. The standard InChI is InChI=1S/C14H17N3O/c18-14-3-1-2-11-12(14)4-5-13(11)16-7-9-17-8-6-15-10-17/h1-3,6,8,10,13,16,18H,4-5,7,9H2. The minimum absolute atomic E-state index is 0.371. The molecule has 0 amide bonds. The number of aromatic nitrogens is 2. The van der Waals surface area contributed by atoms with Gasteiger partial charge in [-0.25, -0.2) is 4.98 Å². The second-order valence-corrected chi connectivity index (χ2v) is 4.69. The van der Waals surface area contributed by atoms with Gasteiger partial charge in [0.15, 0.2) is 0 Å². The molecule has 0 bridgehead atoms. The largest absolute Gasteiger partial charge is 0.508 e. The van der Waals surface area contributed by atoms with E-state index in [-0.39, 0.29) is 0 Å². The Morgan fingerprint density at radius 1 is 1.44 bits per heavy atom. The molecule has 0 saturated carbocycles. The van der Waals surface area contributed by atoms with Gasteiger partial charge in [0, 0.05) is 31.5 Å². The molecule has 1 aromatic carbocycles. The highest BCUT2D eigenvalue weighted by Gasteiger charge is 2.23. The Balaban J connectivity index is 1.61. The van der Waals surface area contributed by atoms with Crippen molar-refractivity contribution in [1.29, 1.82) is 0 Å². The first-order valence-corrected chi connectivity index (χ1v) is 6.34. The van der Waals surface area contributed by atoms with E-state index in [0.717, 1.165) is 31.5 Å². The van der Waals surface area contributed by atoms with E-state index in [1.807, 2.05) is 18.6 Å². The Morgan fingerprint density at radius 2 is 2.39 bits per heavy atom. The Morgan fingerprint density at radius 3 is 3.22 bits per heavy atom. The van der Waals surface area contributed by atoms with Gasteiger partial charge in [0.1, 0.15) is 5.75 Å². The van der Waals surface area contributed by atoms with E-state index in [1.165, 1.54) is 5.56 Å². The quantitative estimate of drug-likeness (QED) is 0.862. The highest BCUT2D eigenvalue weighted by Crippen LogP contribution is 2.35. The van der Waals surface area contributed by atoms with Gasteiger partial charge in [-0.05, 0) is 30.0 Å². The molecule has 1 aliphatic carbocycles. The lowest BCUT2D eigenvalue weighted by molar-refractivity contribution is 0.469. The fourth-order valence-corrected chi connectivity index (χ4v) is 2.63. The van der Waals surface area contributed by atoms with Crippen molar-refractivity contribution in [3.05, 3.63) is 48.0 Å². The van der Waals surface area contributed by atoms with Crippen molar-refractivity contribution in [2.45, 2.75) is 25.4 Å². The van der Waals surface area contributed by atoms with Crippen LogP contribution in [-0.4, -0.2) is 21.2 Å². The Labute approximate surface area is 106 Å². The molecule has 0 saturated heterocycles. The van der Waals surface area contributed by atoms with Crippen molar-refractivity contribution < 1.29 is 5.11 Å². The molecule has 94 valence electrons. The van der Waals surface area contributed by atoms with Crippen LogP contribution in [0.25, 0.3) is 0 Å². The summed E-state index contributed by atoms with van der Waals surface area (Å²) in [6, 6.07) is 6.17. The van der Waals surface area contributed by atoms with E-state index in [0.29, 0.717) is 11.8 Å². The minimum Gasteiger partial charge on any atom is -0.508 e. The molecule has 0 fully saturated rings. The highest BCUT2D eigenvalue weighted by molar-refractivity contribution is 5.44. The predicted octanol–water partition coefficient (Wildman–Crippen LogP) is 1.87. The first-order chi connectivity index (χ1) is 8.84. The molecule has 2 aromatic rings. The van der Waals surface area contributed by atoms with E-state index >= 15 is 0 Å². The zero-order valence-corrected chi connectivity index (χ0v) is 10.2. The summed E-state index contributed by atoms with van der Waals surface area (Å²) in [5.41, 5.74) is 2.36. The summed E-state index contributed by atoms with van der Waals surface area (Å²) >= 11 is 0. The topological polar surface area (TPSA) is 50.1 Å². The third-order valence-electron chi connectivity index (χ3n) is 3.57. The van der Waals surface area contributed by atoms with Gasteiger partial charge in [-0.2, -0.15) is 0 Å². The molecule has 4 nitrogen and oxygen atoms in total. The molecular weight excluding hydrogens is 226 g/mol. The minimum atomic E-state index is 0.371. The molecule has 1 aromatic heterocycles. The van der Waals surface area contributed by atoms with Crippen LogP contribution in [-0.2, 0) is 13.0 Å². The first-order valence-electron chi connectivity index (χ1n) is 6.34. The first kappa shape index (κ1) is 11.3. The molecule has 0 aliphatic heterocycles. The maximum atomic E-state index is 9.78. The molecule has 4 heteroatoms. The van der Waals surface area contributed by atoms with Gasteiger partial charge in [0.05, 0.1) is 6.33 Å². The number of hydrogen-bond donors (Lipinski definition) is 2. The lowest BCUT2D eigenvalue weighted by Gasteiger charge is -2.14. The summed E-state index contributed by atoms with van der Waals surface area (Å²) in [6.07, 6.45) is 7.62. The molecule has 0 spiro atoms. The normalized spacial score (nSPS) is 17.9. The fourth-order valence-electron chi connectivity index (χ4n) is 2.63. The van der Waals surface area contributed by atoms with E-state index in [4.69, 9.17) is 0 Å². The van der Waals surface area contributed by atoms with Crippen LogP contribution in [0, 0.1) is 0 Å². The maximum absolute atomic E-state index is 9.78. The van der Waals surface area contributed by atoms with Crippen molar-refractivity contribution >= 4 is 0 Å². The zero-order valence-electron chi connectivity index (χ0n) is 10.2. The summed E-state index contributed by atoms with van der Waals surface area (Å²) in [4.78, 5) is 4.02. The number of hydrogen-bond acceptors (Lipinski definition) is 3. The van der Waals surface area contributed by atoms with Crippen LogP contribution in [0.1, 0.15) is 23.6 Å². The van der Waals surface area contributed by atoms with Crippen molar-refractivity contribution in [2.24, 2.45) is 0 Å². The monoisotopic (exact) mass is 243 g/mol. The van der Waals surface area contributed by atoms with Gasteiger partial charge in [-0.15, -0.1) is 0 Å². The van der Waals surface area contributed by atoms with Gasteiger partial charge < -0.3 is 15.0 Å². The van der Waals surface area contributed by atoms with Gasteiger partial charge in [0.25, 0.3) is 0 Å². The molecule has 1 atom stereocenters. The smallest absolute Gasteiger partial charge is 0.119 e. The predicted molar refractivity (Wildman–Crippen MR) is 69.4 cm³/mol. The molecule has 18 heavy (non-hydrogen) atoms. The third kappa shape index (κ3) is 2.11. The molecule has 1 unspecified atom stereocenters. The highest BCUT2D eigenvalue weighted by atomic mass is 16.3. The molecule has 1 aliphatic rings. The summed E-state index contributed by atoms with van der Waals surface area (Å²) < 4.78 is 2.06.